The Balaban J connectivity index is 1.48. The summed E-state index contributed by atoms with van der Waals surface area (Å²) in [5.41, 5.74) is 2.50. The van der Waals surface area contributed by atoms with Gasteiger partial charge in [0.15, 0.2) is 0 Å². The van der Waals surface area contributed by atoms with Gasteiger partial charge in [-0.2, -0.15) is 4.31 Å². The molecule has 28 heavy (non-hydrogen) atoms. The molecule has 0 atom stereocenters. The lowest BCUT2D eigenvalue weighted by atomic mass is 10.0. The Morgan fingerprint density at radius 2 is 1.79 bits per heavy atom. The van der Waals surface area contributed by atoms with E-state index >= 15 is 0 Å². The van der Waals surface area contributed by atoms with E-state index in [2.05, 4.69) is 43.4 Å². The van der Waals surface area contributed by atoms with Crippen molar-refractivity contribution in [3.8, 4) is 0 Å². The molecule has 0 unspecified atom stereocenters. The first kappa shape index (κ1) is 21.0. The van der Waals surface area contributed by atoms with Gasteiger partial charge in [0, 0.05) is 24.5 Å². The maximum Gasteiger partial charge on any atom is 0.252 e. The Bertz CT molecular complexity index is 896. The van der Waals surface area contributed by atoms with Gasteiger partial charge >= 0.3 is 0 Å². The van der Waals surface area contributed by atoms with E-state index in [1.54, 1.807) is 12.1 Å². The number of hydrogen-bond donors (Lipinski definition) is 1. The van der Waals surface area contributed by atoms with Gasteiger partial charge in [0.05, 0.1) is 6.42 Å². The van der Waals surface area contributed by atoms with E-state index in [9.17, 15) is 13.2 Å². The van der Waals surface area contributed by atoms with E-state index in [-0.39, 0.29) is 12.3 Å². The van der Waals surface area contributed by atoms with Gasteiger partial charge in [0.2, 0.25) is 5.91 Å². The van der Waals surface area contributed by atoms with Crippen LogP contribution in [-0.2, 0) is 27.7 Å². The van der Waals surface area contributed by atoms with Crippen molar-refractivity contribution in [2.75, 3.05) is 19.6 Å². The molecule has 0 aliphatic carbocycles. The summed E-state index contributed by atoms with van der Waals surface area (Å²) in [6.45, 7) is 6.09. The minimum absolute atomic E-state index is 0.0780. The SMILES string of the molecule is CC(C)c1ccc(CCNC(=O)Cc2ccc(S(=O)(=O)N3CCCC3)s2)cc1. The fraction of sp³-hybridized carbons (Fsp3) is 0.476. The summed E-state index contributed by atoms with van der Waals surface area (Å²) in [5, 5.41) is 2.93. The van der Waals surface area contributed by atoms with Crippen LogP contribution in [0.15, 0.2) is 40.6 Å². The summed E-state index contributed by atoms with van der Waals surface area (Å²) in [4.78, 5) is 13.0. The monoisotopic (exact) mass is 420 g/mol. The first-order valence-corrected chi connectivity index (χ1v) is 12.1. The van der Waals surface area contributed by atoms with Gasteiger partial charge in [-0.3, -0.25) is 4.79 Å². The van der Waals surface area contributed by atoms with Gasteiger partial charge in [-0.05, 0) is 48.4 Å². The molecule has 1 aromatic carbocycles. The predicted octanol–water partition coefficient (Wildman–Crippen LogP) is 3.56. The van der Waals surface area contributed by atoms with E-state index in [1.807, 2.05) is 0 Å². The fourth-order valence-electron chi connectivity index (χ4n) is 3.28. The minimum Gasteiger partial charge on any atom is -0.355 e. The maximum absolute atomic E-state index is 12.6. The third-order valence-corrected chi connectivity index (χ3v) is 8.46. The molecule has 5 nitrogen and oxygen atoms in total. The van der Waals surface area contributed by atoms with Crippen molar-refractivity contribution in [1.82, 2.24) is 9.62 Å². The molecule has 3 rings (SSSR count). The lowest BCUT2D eigenvalue weighted by molar-refractivity contribution is -0.120. The maximum atomic E-state index is 12.6. The van der Waals surface area contributed by atoms with Crippen LogP contribution in [0.4, 0.5) is 0 Å². The summed E-state index contributed by atoms with van der Waals surface area (Å²) in [5.74, 6) is 0.435. The van der Waals surface area contributed by atoms with Crippen LogP contribution in [0.3, 0.4) is 0 Å². The van der Waals surface area contributed by atoms with Gasteiger partial charge in [-0.1, -0.05) is 38.1 Å². The molecule has 1 aliphatic heterocycles. The number of nitrogens with zero attached hydrogens (tertiary/aromatic N) is 1. The van der Waals surface area contributed by atoms with Crippen LogP contribution in [-0.4, -0.2) is 38.3 Å². The lowest BCUT2D eigenvalue weighted by Gasteiger charge is -2.13. The number of thiophene rings is 1. The van der Waals surface area contributed by atoms with Crippen molar-refractivity contribution in [2.24, 2.45) is 0 Å². The highest BCUT2D eigenvalue weighted by atomic mass is 32.2. The second-order valence-corrected chi connectivity index (χ2v) is 10.8. The highest BCUT2D eigenvalue weighted by Gasteiger charge is 2.28. The Kier molecular flexibility index (Phi) is 6.91. The quantitative estimate of drug-likeness (QED) is 0.710. The molecule has 1 amide bonds. The zero-order valence-electron chi connectivity index (χ0n) is 16.5. The number of amides is 1. The molecule has 1 saturated heterocycles. The molecule has 1 aliphatic rings. The van der Waals surface area contributed by atoms with Gasteiger partial charge in [-0.15, -0.1) is 11.3 Å². The van der Waals surface area contributed by atoms with E-state index in [0.717, 1.165) is 24.1 Å². The molecule has 152 valence electrons. The molecule has 1 fully saturated rings. The van der Waals surface area contributed by atoms with Crippen LogP contribution in [0, 0.1) is 0 Å². The van der Waals surface area contributed by atoms with Crippen LogP contribution in [0.2, 0.25) is 0 Å². The number of nitrogens with one attached hydrogen (secondary N) is 1. The second kappa shape index (κ2) is 9.20. The lowest BCUT2D eigenvalue weighted by Crippen LogP contribution is -2.27. The normalized spacial score (nSPS) is 15.2. The number of benzene rings is 1. The smallest absolute Gasteiger partial charge is 0.252 e. The highest BCUT2D eigenvalue weighted by molar-refractivity contribution is 7.91. The van der Waals surface area contributed by atoms with Gasteiger partial charge in [0.25, 0.3) is 10.0 Å². The van der Waals surface area contributed by atoms with Gasteiger partial charge in [0.1, 0.15) is 4.21 Å². The van der Waals surface area contributed by atoms with Crippen LogP contribution in [0.1, 0.15) is 48.6 Å². The first-order valence-electron chi connectivity index (χ1n) is 9.80. The number of carbonyl (C=O) groups excluding carboxylic acids is 1. The topological polar surface area (TPSA) is 66.5 Å². The predicted molar refractivity (Wildman–Crippen MR) is 113 cm³/mol. The largest absolute Gasteiger partial charge is 0.355 e. The van der Waals surface area contributed by atoms with E-state index in [0.29, 0.717) is 29.8 Å². The summed E-state index contributed by atoms with van der Waals surface area (Å²) in [6.07, 6.45) is 2.83. The van der Waals surface area contributed by atoms with Crippen LogP contribution >= 0.6 is 11.3 Å². The van der Waals surface area contributed by atoms with E-state index in [4.69, 9.17) is 0 Å². The summed E-state index contributed by atoms with van der Waals surface area (Å²) < 4.78 is 27.0. The van der Waals surface area contributed by atoms with Gasteiger partial charge in [-0.25, -0.2) is 8.42 Å². The van der Waals surface area contributed by atoms with Crippen molar-refractivity contribution in [3.63, 3.8) is 0 Å². The van der Waals surface area contributed by atoms with Crippen molar-refractivity contribution in [2.45, 2.75) is 49.7 Å². The summed E-state index contributed by atoms with van der Waals surface area (Å²) in [7, 11) is -3.40. The zero-order valence-corrected chi connectivity index (χ0v) is 18.1. The number of hydrogen-bond acceptors (Lipinski definition) is 4. The molecular formula is C21H28N2O3S2. The van der Waals surface area contributed by atoms with E-state index in [1.165, 1.54) is 26.8 Å². The minimum atomic E-state index is -3.40. The standard InChI is InChI=1S/C21H28N2O3S2/c1-16(2)18-7-5-17(6-8-18)11-12-22-20(24)15-19-9-10-21(27-19)28(25,26)23-13-3-4-14-23/h5-10,16H,3-4,11-15H2,1-2H3,(H,22,24). The molecule has 0 saturated carbocycles. The van der Waals surface area contributed by atoms with Crippen molar-refractivity contribution in [3.05, 3.63) is 52.4 Å². The third kappa shape index (κ3) is 5.21. The van der Waals surface area contributed by atoms with Crippen LogP contribution in [0.25, 0.3) is 0 Å². The average molecular weight is 421 g/mol. The molecule has 0 bridgehead atoms. The highest BCUT2D eigenvalue weighted by Crippen LogP contribution is 2.27. The van der Waals surface area contributed by atoms with Gasteiger partial charge < -0.3 is 5.32 Å². The van der Waals surface area contributed by atoms with Crippen LogP contribution < -0.4 is 5.32 Å². The number of carbonyl (C=O) groups is 1. The Morgan fingerprint density at radius 3 is 2.43 bits per heavy atom. The van der Waals surface area contributed by atoms with Crippen molar-refractivity contribution >= 4 is 27.3 Å². The van der Waals surface area contributed by atoms with Crippen LogP contribution in [0.5, 0.6) is 0 Å². The van der Waals surface area contributed by atoms with E-state index < -0.39 is 10.0 Å². The molecule has 0 spiro atoms. The third-order valence-electron chi connectivity index (χ3n) is 5.01. The van der Waals surface area contributed by atoms with Crippen molar-refractivity contribution in [1.29, 1.82) is 0 Å². The fourth-order valence-corrected chi connectivity index (χ4v) is 6.31. The zero-order chi connectivity index (χ0) is 20.1. The molecule has 0 radical (unpaired) electrons. The Morgan fingerprint density at radius 1 is 1.11 bits per heavy atom. The summed E-state index contributed by atoms with van der Waals surface area (Å²) in [6, 6.07) is 11.9. The molecule has 1 aromatic heterocycles. The number of sulfonamides is 1. The molecule has 1 N–H and O–H groups in total. The Labute approximate surface area is 171 Å². The second-order valence-electron chi connectivity index (χ2n) is 7.50. The first-order chi connectivity index (χ1) is 13.4. The molecule has 7 heteroatoms. The van der Waals surface area contributed by atoms with Crippen molar-refractivity contribution < 1.29 is 13.2 Å². The molecule has 2 heterocycles. The number of rotatable bonds is 8. The molecular weight excluding hydrogens is 392 g/mol. The molecule has 2 aromatic rings. The Hall–Kier alpha value is -1.70. The summed E-state index contributed by atoms with van der Waals surface area (Å²) >= 11 is 1.20. The average Bonchev–Trinajstić information content (AvgIpc) is 3.34.